The highest BCUT2D eigenvalue weighted by molar-refractivity contribution is 5.91. The average molecular weight is 1190 g/mol. The number of rotatable bonds is 14. The van der Waals surface area contributed by atoms with Crippen molar-refractivity contribution in [3.63, 3.8) is 0 Å². The molecule has 456 valence electrons. The van der Waals surface area contributed by atoms with Gasteiger partial charge >= 0.3 is 30.3 Å². The first kappa shape index (κ1) is 63.2. The number of aromatic nitrogens is 4. The van der Waals surface area contributed by atoms with E-state index in [4.69, 9.17) is 42.7 Å². The number of nitrogens with zero attached hydrogens (tertiary/aromatic N) is 13. The SMILES string of the molecule is C=C(F)C(=O)O.[C-]#[N+]C[C@@H]1CCCN(c2nc(OC[C@@H]3CCCN3C)nc3c2CCN(c2ccccc2C(F)(F)F)C3)C1.[C-]#[N+]C[C@H]1CN(c2nc(OC[C@@H]3CCCN3C)nc3c2CCN(c2ccccc2C(F)(F)F)C3)CCN1C(=O)C(=C)F. The number of carboxylic acids is 1. The van der Waals surface area contributed by atoms with Crippen molar-refractivity contribution in [1.82, 2.24) is 34.6 Å². The van der Waals surface area contributed by atoms with Gasteiger partial charge in [0, 0.05) is 86.3 Å². The Balaban J connectivity index is 0.000000203. The van der Waals surface area contributed by atoms with Crippen LogP contribution in [0.2, 0.25) is 0 Å². The summed E-state index contributed by atoms with van der Waals surface area (Å²) in [5.74, 6) is -3.17. The van der Waals surface area contributed by atoms with Crippen molar-refractivity contribution >= 4 is 34.9 Å². The Kier molecular flexibility index (Phi) is 20.7. The molecule has 1 N–H and O–H groups in total. The summed E-state index contributed by atoms with van der Waals surface area (Å²) in [5, 5.41) is 7.52. The van der Waals surface area contributed by atoms with E-state index in [9.17, 15) is 44.7 Å². The molecule has 0 radical (unpaired) electrons. The molecule has 4 atom stereocenters. The topological polar surface area (TPSA) is 156 Å². The molecule has 18 nitrogen and oxygen atoms in total. The molecule has 4 fully saturated rings. The summed E-state index contributed by atoms with van der Waals surface area (Å²) in [5.41, 5.74) is 1.97. The Morgan fingerprint density at radius 1 is 0.612 bits per heavy atom. The molecule has 10 rings (SSSR count). The third kappa shape index (κ3) is 15.7. The maximum atomic E-state index is 13.8. The molecule has 1 amide bonds. The first-order valence-electron chi connectivity index (χ1n) is 28.2. The number of hydrogen-bond acceptors (Lipinski definition) is 14. The summed E-state index contributed by atoms with van der Waals surface area (Å²) in [6.07, 6.45) is -1.78. The van der Waals surface area contributed by atoms with Gasteiger partial charge in [0.15, 0.2) is 5.83 Å². The lowest BCUT2D eigenvalue weighted by atomic mass is 9.96. The lowest BCUT2D eigenvalue weighted by molar-refractivity contribution is -0.138. The van der Waals surface area contributed by atoms with E-state index in [-0.39, 0.29) is 68.1 Å². The van der Waals surface area contributed by atoms with Crippen LogP contribution in [0, 0.1) is 19.1 Å². The number of carboxylic acid groups (broad SMARTS) is 1. The lowest BCUT2D eigenvalue weighted by Crippen LogP contribution is -2.57. The van der Waals surface area contributed by atoms with Crippen LogP contribution in [0.5, 0.6) is 12.0 Å². The molecule has 0 bridgehead atoms. The normalized spacial score (nSPS) is 20.8. The number of amides is 1. The molecular weight excluding hydrogens is 1120 g/mol. The summed E-state index contributed by atoms with van der Waals surface area (Å²) in [6.45, 7) is 27.0. The molecule has 26 heteroatoms. The molecule has 0 unspecified atom stereocenters. The van der Waals surface area contributed by atoms with Crippen molar-refractivity contribution in [1.29, 1.82) is 0 Å². The fourth-order valence-corrected chi connectivity index (χ4v) is 11.8. The van der Waals surface area contributed by atoms with Gasteiger partial charge in [0.2, 0.25) is 18.9 Å². The third-order valence-electron chi connectivity index (χ3n) is 16.3. The van der Waals surface area contributed by atoms with E-state index < -0.39 is 53.1 Å². The van der Waals surface area contributed by atoms with Crippen molar-refractivity contribution in [3.05, 3.63) is 130 Å². The van der Waals surface area contributed by atoms with Crippen LogP contribution in [0.1, 0.15) is 72.2 Å². The Hall–Kier alpha value is -7.84. The van der Waals surface area contributed by atoms with E-state index >= 15 is 0 Å². The second-order valence-corrected chi connectivity index (χ2v) is 21.9. The molecule has 4 aromatic rings. The summed E-state index contributed by atoms with van der Waals surface area (Å²) in [7, 11) is 4.11. The second-order valence-electron chi connectivity index (χ2n) is 21.9. The molecular formula is C59H69F8N13O5. The van der Waals surface area contributed by atoms with Crippen LogP contribution in [0.4, 0.5) is 58.1 Å². The highest BCUT2D eigenvalue weighted by Gasteiger charge is 2.40. The molecule has 8 heterocycles. The van der Waals surface area contributed by atoms with E-state index in [0.717, 1.165) is 99.5 Å². The van der Waals surface area contributed by atoms with Crippen molar-refractivity contribution in [2.24, 2.45) is 5.92 Å². The van der Waals surface area contributed by atoms with Gasteiger partial charge in [-0.2, -0.15) is 50.7 Å². The molecule has 2 aromatic carbocycles. The van der Waals surface area contributed by atoms with Gasteiger partial charge < -0.3 is 58.6 Å². The highest BCUT2D eigenvalue weighted by Crippen LogP contribution is 2.42. The first-order chi connectivity index (χ1) is 40.5. The van der Waals surface area contributed by atoms with Crippen LogP contribution in [0.3, 0.4) is 0 Å². The molecule has 0 spiro atoms. The number of alkyl halides is 6. The van der Waals surface area contributed by atoms with Gasteiger partial charge in [-0.1, -0.05) is 37.4 Å². The van der Waals surface area contributed by atoms with Crippen LogP contribution < -0.4 is 29.1 Å². The lowest BCUT2D eigenvalue weighted by Gasteiger charge is -2.41. The Morgan fingerprint density at radius 2 is 1.07 bits per heavy atom. The number of anilines is 4. The number of fused-ring (bicyclic) bond motifs is 2. The van der Waals surface area contributed by atoms with Crippen LogP contribution in [-0.2, 0) is 47.9 Å². The number of likely N-dealkylation sites (tertiary alicyclic amines) is 2. The molecule has 0 saturated carbocycles. The number of halogens is 8. The van der Waals surface area contributed by atoms with Crippen LogP contribution >= 0.6 is 0 Å². The van der Waals surface area contributed by atoms with E-state index in [0.29, 0.717) is 69.8 Å². The predicted octanol–water partition coefficient (Wildman–Crippen LogP) is 9.17. The van der Waals surface area contributed by atoms with Crippen molar-refractivity contribution < 1.29 is 59.3 Å². The number of likely N-dealkylation sites (N-methyl/N-ethyl adjacent to an activating group) is 2. The number of piperidine rings is 1. The van der Waals surface area contributed by atoms with Crippen LogP contribution in [0.15, 0.2) is 73.3 Å². The number of benzene rings is 2. The zero-order valence-corrected chi connectivity index (χ0v) is 47.5. The van der Waals surface area contributed by atoms with Gasteiger partial charge in [-0.3, -0.25) is 4.79 Å². The minimum absolute atomic E-state index is 0.0256. The quantitative estimate of drug-likeness (QED) is 0.0724. The summed E-state index contributed by atoms with van der Waals surface area (Å²) in [4.78, 5) is 61.1. The maximum absolute atomic E-state index is 13.8. The summed E-state index contributed by atoms with van der Waals surface area (Å²) >= 11 is 0. The number of para-hydroxylation sites is 2. The standard InChI is InChI=1S/C29H33F4N7O2.C27H33F3N6O.C3H3FO2/c1-19(30)27(41)40-14-13-39(16-21(40)15-34-2)26-22-10-12-38(25-9-5-4-8-23(25)29(31,32)33)17-24(22)35-28(36-26)42-18-20-7-6-11-37(20)3;1-31-15-19-7-5-13-36(16-19)25-21-11-14-35(24-10-4-3-9-22(24)27(28,29)30)17-23(21)32-26(33-25)37-18-20-8-6-12-34(20)2;1-2(4)3(5)6/h4-5,8-9,20-21H,1,6-7,10-18H2,3H3;3-4,9-10,19-20H,5-8,11-18H2,2H3;1H2,(H,5,6)/t20-,21-;19-,20-;/m00./s1. The minimum Gasteiger partial charge on any atom is -0.476 e. The molecule has 0 aliphatic carbocycles. The minimum atomic E-state index is -4.50. The largest absolute Gasteiger partial charge is 0.476 e. The zero-order chi connectivity index (χ0) is 61.2. The van der Waals surface area contributed by atoms with Gasteiger partial charge in [0.1, 0.15) is 30.9 Å². The van der Waals surface area contributed by atoms with Crippen molar-refractivity contribution in [2.75, 3.05) is 119 Å². The molecule has 2 aromatic heterocycles. The molecule has 85 heavy (non-hydrogen) atoms. The third-order valence-corrected chi connectivity index (χ3v) is 16.3. The number of carbonyl (C=O) groups excluding carboxylic acids is 1. The highest BCUT2D eigenvalue weighted by atomic mass is 19.4. The second kappa shape index (κ2) is 27.9. The maximum Gasteiger partial charge on any atom is 0.418 e. The Morgan fingerprint density at radius 3 is 1.49 bits per heavy atom. The monoisotopic (exact) mass is 1190 g/mol. The number of hydrogen-bond donors (Lipinski definition) is 1. The molecule has 4 saturated heterocycles. The van der Waals surface area contributed by atoms with Gasteiger partial charge in [-0.05, 0) is 103 Å². The summed E-state index contributed by atoms with van der Waals surface area (Å²) in [6, 6.07) is 11.6. The van der Waals surface area contributed by atoms with Crippen LogP contribution in [0.25, 0.3) is 9.69 Å². The van der Waals surface area contributed by atoms with E-state index in [1.54, 1.807) is 21.9 Å². The summed E-state index contributed by atoms with van der Waals surface area (Å²) < 4.78 is 120. The zero-order valence-electron chi connectivity index (χ0n) is 47.5. The average Bonchev–Trinajstić information content (AvgIpc) is 3.60. The van der Waals surface area contributed by atoms with Crippen molar-refractivity contribution in [2.45, 2.75) is 94.9 Å². The van der Waals surface area contributed by atoms with Gasteiger partial charge in [0.25, 0.3) is 5.91 Å². The fraction of sp³-hybridized carbons (Fsp3) is 0.525. The number of aliphatic carboxylic acids is 1. The first-order valence-corrected chi connectivity index (χ1v) is 28.2. The fourth-order valence-electron chi connectivity index (χ4n) is 11.8. The molecule has 6 aliphatic rings. The number of carbonyl (C=O) groups is 2. The van der Waals surface area contributed by atoms with Crippen LogP contribution in [-0.4, -0.2) is 169 Å². The van der Waals surface area contributed by atoms with Gasteiger partial charge in [0.05, 0.1) is 35.6 Å². The number of ether oxygens (including phenoxy) is 2. The van der Waals surface area contributed by atoms with E-state index in [2.05, 4.69) is 49.6 Å². The van der Waals surface area contributed by atoms with Crippen molar-refractivity contribution in [3.8, 4) is 12.0 Å². The number of piperazine rings is 1. The Bertz CT molecular complexity index is 3130. The predicted molar refractivity (Wildman–Crippen MR) is 302 cm³/mol. The van der Waals surface area contributed by atoms with E-state index in [1.807, 2.05) is 11.9 Å². The van der Waals surface area contributed by atoms with Gasteiger partial charge in [-0.15, -0.1) is 0 Å². The van der Waals surface area contributed by atoms with Gasteiger partial charge in [-0.25, -0.2) is 22.3 Å². The van der Waals surface area contributed by atoms with E-state index in [1.165, 1.54) is 29.2 Å². The smallest absolute Gasteiger partial charge is 0.418 e. The Labute approximate surface area is 489 Å². The molecule has 6 aliphatic heterocycles.